The van der Waals surface area contributed by atoms with Crippen molar-refractivity contribution in [3.63, 3.8) is 0 Å². The first-order valence-corrected chi connectivity index (χ1v) is 4.96. The maximum atomic E-state index is 5.93. The van der Waals surface area contributed by atoms with Crippen LogP contribution in [0.3, 0.4) is 0 Å². The van der Waals surface area contributed by atoms with Crippen LogP contribution in [0.15, 0.2) is 22.7 Å². The average molecular weight is 228 g/mol. The molecule has 12 heavy (non-hydrogen) atoms. The average Bonchev–Trinajstić information content (AvgIpc) is 2.03. The first-order valence-electron chi connectivity index (χ1n) is 4.16. The molecule has 0 fully saturated rings. The summed E-state index contributed by atoms with van der Waals surface area (Å²) in [6, 6.07) is 6.41. The summed E-state index contributed by atoms with van der Waals surface area (Å²) in [4.78, 5) is 0. The summed E-state index contributed by atoms with van der Waals surface area (Å²) in [5, 5.41) is 0. The van der Waals surface area contributed by atoms with Crippen LogP contribution in [0.1, 0.15) is 30.5 Å². The minimum Gasteiger partial charge on any atom is -0.324 e. The van der Waals surface area contributed by atoms with Crippen LogP contribution in [0, 0.1) is 6.92 Å². The molecular weight excluding hydrogens is 214 g/mol. The van der Waals surface area contributed by atoms with Gasteiger partial charge in [-0.15, -0.1) is 0 Å². The fraction of sp³-hybridized carbons (Fsp3) is 0.400. The molecule has 0 aliphatic rings. The van der Waals surface area contributed by atoms with Gasteiger partial charge in [-0.05, 0) is 36.6 Å². The summed E-state index contributed by atoms with van der Waals surface area (Å²) in [7, 11) is 0. The Kier molecular flexibility index (Phi) is 3.29. The van der Waals surface area contributed by atoms with Crippen molar-refractivity contribution in [2.24, 2.45) is 5.73 Å². The zero-order valence-electron chi connectivity index (χ0n) is 7.47. The van der Waals surface area contributed by atoms with Crippen molar-refractivity contribution >= 4 is 15.9 Å². The van der Waals surface area contributed by atoms with Gasteiger partial charge in [0.05, 0.1) is 0 Å². The second kappa shape index (κ2) is 4.06. The lowest BCUT2D eigenvalue weighted by Gasteiger charge is -2.12. The van der Waals surface area contributed by atoms with E-state index in [9.17, 15) is 0 Å². The minimum absolute atomic E-state index is 0.179. The third-order valence-electron chi connectivity index (χ3n) is 2.07. The molecule has 2 heteroatoms. The van der Waals surface area contributed by atoms with E-state index in [1.807, 2.05) is 6.07 Å². The van der Waals surface area contributed by atoms with Crippen LogP contribution in [-0.4, -0.2) is 0 Å². The van der Waals surface area contributed by atoms with Gasteiger partial charge in [-0.3, -0.25) is 0 Å². The van der Waals surface area contributed by atoms with E-state index in [1.54, 1.807) is 0 Å². The molecule has 0 heterocycles. The molecule has 0 saturated carbocycles. The van der Waals surface area contributed by atoms with Crippen LogP contribution < -0.4 is 5.73 Å². The third kappa shape index (κ3) is 2.08. The summed E-state index contributed by atoms with van der Waals surface area (Å²) >= 11 is 3.43. The molecule has 0 radical (unpaired) electrons. The van der Waals surface area contributed by atoms with Gasteiger partial charge in [-0.1, -0.05) is 28.9 Å². The van der Waals surface area contributed by atoms with Crippen LogP contribution in [0.5, 0.6) is 0 Å². The Labute approximate surface area is 82.1 Å². The van der Waals surface area contributed by atoms with E-state index in [2.05, 4.69) is 41.9 Å². The predicted octanol–water partition coefficient (Wildman–Crippen LogP) is 3.17. The maximum Gasteiger partial charge on any atom is 0.0294 e. The number of nitrogens with two attached hydrogens (primary N) is 1. The van der Waals surface area contributed by atoms with E-state index in [0.29, 0.717) is 0 Å². The van der Waals surface area contributed by atoms with Gasteiger partial charge in [-0.25, -0.2) is 0 Å². The zero-order chi connectivity index (χ0) is 9.14. The molecule has 1 rings (SSSR count). The van der Waals surface area contributed by atoms with E-state index in [4.69, 9.17) is 5.73 Å². The topological polar surface area (TPSA) is 26.0 Å². The fourth-order valence-corrected chi connectivity index (χ4v) is 1.75. The number of halogens is 1. The second-order valence-corrected chi connectivity index (χ2v) is 3.93. The van der Waals surface area contributed by atoms with E-state index < -0.39 is 0 Å². The van der Waals surface area contributed by atoms with Gasteiger partial charge in [0, 0.05) is 10.5 Å². The van der Waals surface area contributed by atoms with Crippen molar-refractivity contribution in [1.29, 1.82) is 0 Å². The molecule has 1 atom stereocenters. The molecule has 2 N–H and O–H groups in total. The Morgan fingerprint density at radius 3 is 2.67 bits per heavy atom. The Bertz CT molecular complexity index is 271. The lowest BCUT2D eigenvalue weighted by molar-refractivity contribution is 0.694. The van der Waals surface area contributed by atoms with Crippen LogP contribution >= 0.6 is 15.9 Å². The molecule has 0 saturated heterocycles. The van der Waals surface area contributed by atoms with Gasteiger partial charge >= 0.3 is 0 Å². The monoisotopic (exact) mass is 227 g/mol. The minimum atomic E-state index is 0.179. The predicted molar refractivity (Wildman–Crippen MR) is 56.1 cm³/mol. The molecule has 0 spiro atoms. The van der Waals surface area contributed by atoms with Crippen molar-refractivity contribution in [2.75, 3.05) is 0 Å². The van der Waals surface area contributed by atoms with Crippen molar-refractivity contribution in [3.05, 3.63) is 33.8 Å². The number of hydrogen-bond acceptors (Lipinski definition) is 1. The molecule has 1 nitrogen and oxygen atoms in total. The quantitative estimate of drug-likeness (QED) is 0.826. The van der Waals surface area contributed by atoms with E-state index in [0.717, 1.165) is 10.9 Å². The van der Waals surface area contributed by atoms with Crippen LogP contribution in [0.2, 0.25) is 0 Å². The number of benzene rings is 1. The Balaban J connectivity index is 3.01. The Hall–Kier alpha value is -0.340. The largest absolute Gasteiger partial charge is 0.324 e. The van der Waals surface area contributed by atoms with Gasteiger partial charge < -0.3 is 5.73 Å². The summed E-state index contributed by atoms with van der Waals surface area (Å²) in [5.41, 5.74) is 8.44. The third-order valence-corrected chi connectivity index (χ3v) is 2.56. The highest BCUT2D eigenvalue weighted by Gasteiger charge is 2.05. The number of rotatable bonds is 2. The van der Waals surface area contributed by atoms with Crippen LogP contribution in [0.4, 0.5) is 0 Å². The molecule has 0 aliphatic heterocycles. The smallest absolute Gasteiger partial charge is 0.0294 e. The van der Waals surface area contributed by atoms with Gasteiger partial charge in [0.15, 0.2) is 0 Å². The normalized spacial score (nSPS) is 13.0. The first-order chi connectivity index (χ1) is 5.65. The van der Waals surface area contributed by atoms with Crippen molar-refractivity contribution in [3.8, 4) is 0 Å². The highest BCUT2D eigenvalue weighted by molar-refractivity contribution is 9.10. The summed E-state index contributed by atoms with van der Waals surface area (Å²) < 4.78 is 1.12. The standard InChI is InChI=1S/C10H14BrN/c1-3-10(12)9-5-4-8(11)6-7(9)2/h4-6,10H,3,12H2,1-2H3. The second-order valence-electron chi connectivity index (χ2n) is 3.02. The lowest BCUT2D eigenvalue weighted by Crippen LogP contribution is -2.09. The highest BCUT2D eigenvalue weighted by atomic mass is 79.9. The molecular formula is C10H14BrN. The van der Waals surface area contributed by atoms with Crippen molar-refractivity contribution < 1.29 is 0 Å². The molecule has 0 aromatic heterocycles. The van der Waals surface area contributed by atoms with E-state index in [-0.39, 0.29) is 6.04 Å². The molecule has 0 amide bonds. The maximum absolute atomic E-state index is 5.93. The van der Waals surface area contributed by atoms with Crippen LogP contribution in [0.25, 0.3) is 0 Å². The highest BCUT2D eigenvalue weighted by Crippen LogP contribution is 2.21. The molecule has 0 aliphatic carbocycles. The Morgan fingerprint density at radius 2 is 2.17 bits per heavy atom. The summed E-state index contributed by atoms with van der Waals surface area (Å²) in [5.74, 6) is 0. The number of hydrogen-bond donors (Lipinski definition) is 1. The van der Waals surface area contributed by atoms with E-state index >= 15 is 0 Å². The zero-order valence-corrected chi connectivity index (χ0v) is 9.06. The fourth-order valence-electron chi connectivity index (χ4n) is 1.28. The lowest BCUT2D eigenvalue weighted by atomic mass is 10.0. The van der Waals surface area contributed by atoms with Crippen molar-refractivity contribution in [2.45, 2.75) is 26.3 Å². The molecule has 1 unspecified atom stereocenters. The first kappa shape index (κ1) is 9.75. The molecule has 0 bridgehead atoms. The van der Waals surface area contributed by atoms with Gasteiger partial charge in [-0.2, -0.15) is 0 Å². The van der Waals surface area contributed by atoms with Crippen LogP contribution in [-0.2, 0) is 0 Å². The molecule has 1 aromatic carbocycles. The van der Waals surface area contributed by atoms with Gasteiger partial charge in [0.1, 0.15) is 0 Å². The number of aryl methyl sites for hydroxylation is 1. The van der Waals surface area contributed by atoms with Gasteiger partial charge in [0.25, 0.3) is 0 Å². The van der Waals surface area contributed by atoms with Gasteiger partial charge in [0.2, 0.25) is 0 Å². The molecule has 66 valence electrons. The summed E-state index contributed by atoms with van der Waals surface area (Å²) in [6.07, 6.45) is 0.989. The SMILES string of the molecule is CCC(N)c1ccc(Br)cc1C. The van der Waals surface area contributed by atoms with Crippen molar-refractivity contribution in [1.82, 2.24) is 0 Å². The van der Waals surface area contributed by atoms with E-state index in [1.165, 1.54) is 11.1 Å². The Morgan fingerprint density at radius 1 is 1.50 bits per heavy atom. The summed E-state index contributed by atoms with van der Waals surface area (Å²) in [6.45, 7) is 4.20. The molecule has 1 aromatic rings.